The molecule has 0 N–H and O–H groups in total. The highest BCUT2D eigenvalue weighted by Gasteiger charge is 2.58. The van der Waals surface area contributed by atoms with E-state index in [1.807, 2.05) is 0 Å². The Balaban J connectivity index is 1.66. The molecule has 7 rings (SSSR count). The molecule has 1 saturated carbocycles. The zero-order chi connectivity index (χ0) is 32.3. The van der Waals surface area contributed by atoms with Crippen molar-refractivity contribution in [2.75, 3.05) is 0 Å². The molecule has 0 aliphatic heterocycles. The molecule has 0 amide bonds. The van der Waals surface area contributed by atoms with Crippen LogP contribution in [0.3, 0.4) is 0 Å². The molecule has 4 atom stereocenters. The Hall–Kier alpha value is -3.88. The van der Waals surface area contributed by atoms with E-state index in [0.717, 1.165) is 5.75 Å². The predicted octanol–water partition coefficient (Wildman–Crippen LogP) is 9.62. The molecular weight excluding hydrogens is 573 g/mol. The first-order valence-electron chi connectivity index (χ1n) is 17.1. The summed E-state index contributed by atoms with van der Waals surface area (Å²) in [5.74, 6) is 2.57. The summed E-state index contributed by atoms with van der Waals surface area (Å²) < 4.78 is 7.35. The topological polar surface area (TPSA) is 9.23 Å². The van der Waals surface area contributed by atoms with Gasteiger partial charge in [-0.25, -0.2) is 0 Å². The van der Waals surface area contributed by atoms with Crippen molar-refractivity contribution in [2.45, 2.75) is 77.4 Å². The van der Waals surface area contributed by atoms with Crippen LogP contribution in [0.25, 0.3) is 16.8 Å². The minimum Gasteiger partial charge on any atom is -0.488 e. The summed E-state index contributed by atoms with van der Waals surface area (Å²) in [5, 5.41) is 6.97. The number of hydrogen-bond donors (Lipinski definition) is 0. The minimum atomic E-state index is -2.83. The van der Waals surface area contributed by atoms with Crippen molar-refractivity contribution in [3.63, 3.8) is 0 Å². The highest BCUT2D eigenvalue weighted by Crippen LogP contribution is 2.58. The molecule has 2 aliphatic rings. The van der Waals surface area contributed by atoms with Crippen LogP contribution in [0.4, 0.5) is 0 Å². The number of ether oxygens (including phenoxy) is 1. The van der Waals surface area contributed by atoms with Gasteiger partial charge in [0.15, 0.2) is 8.07 Å². The average molecular weight is 621 g/mol. The molecule has 0 aromatic heterocycles. The van der Waals surface area contributed by atoms with E-state index >= 15 is 0 Å². The fourth-order valence-electron chi connectivity index (χ4n) is 9.08. The van der Waals surface area contributed by atoms with Gasteiger partial charge in [-0.15, -0.1) is 0 Å². The van der Waals surface area contributed by atoms with Crippen molar-refractivity contribution >= 4 is 40.5 Å². The van der Waals surface area contributed by atoms with E-state index < -0.39 is 8.07 Å². The normalized spacial score (nSPS) is 21.2. The average Bonchev–Trinajstić information content (AvgIpc) is 3.38. The first-order valence-corrected chi connectivity index (χ1v) is 19.2. The summed E-state index contributed by atoms with van der Waals surface area (Å²) in [4.78, 5) is 0. The molecular formula is C44H48OSi. The zero-order valence-electron chi connectivity index (χ0n) is 28.5. The van der Waals surface area contributed by atoms with Crippen molar-refractivity contribution < 1.29 is 4.74 Å². The largest absolute Gasteiger partial charge is 0.488 e. The number of benzene rings is 5. The Morgan fingerprint density at radius 1 is 0.696 bits per heavy atom. The molecule has 0 bridgehead atoms. The Bertz CT molecular complexity index is 1850. The summed E-state index contributed by atoms with van der Waals surface area (Å²) in [6.07, 6.45) is 6.20. The third kappa shape index (κ3) is 5.06. The number of fused-ring (bicyclic) bond motifs is 4. The van der Waals surface area contributed by atoms with Gasteiger partial charge in [0.05, 0.1) is 0 Å². The first-order chi connectivity index (χ1) is 22.0. The number of allylic oxidation sites excluding steroid dienone is 1. The van der Waals surface area contributed by atoms with Crippen molar-refractivity contribution in [2.24, 2.45) is 11.8 Å². The highest BCUT2D eigenvalue weighted by molar-refractivity contribution is 7.13. The van der Waals surface area contributed by atoms with Crippen LogP contribution in [-0.4, -0.2) is 13.7 Å². The van der Waals surface area contributed by atoms with E-state index in [2.05, 4.69) is 176 Å². The second-order valence-corrected chi connectivity index (χ2v) is 19.7. The highest BCUT2D eigenvalue weighted by atomic mass is 28.3. The van der Waals surface area contributed by atoms with Crippen LogP contribution >= 0.6 is 0 Å². The molecule has 0 heterocycles. The van der Waals surface area contributed by atoms with Gasteiger partial charge in [0.1, 0.15) is 11.4 Å². The monoisotopic (exact) mass is 620 g/mol. The Morgan fingerprint density at radius 3 is 1.91 bits per heavy atom. The summed E-state index contributed by atoms with van der Waals surface area (Å²) in [5.41, 5.74) is 4.18. The lowest BCUT2D eigenvalue weighted by molar-refractivity contribution is 0.129. The Kier molecular flexibility index (Phi) is 7.64. The molecule has 0 saturated heterocycles. The molecule has 0 spiro atoms. The lowest BCUT2D eigenvalue weighted by atomic mass is 9.81. The molecule has 1 fully saturated rings. The van der Waals surface area contributed by atoms with E-state index in [0.29, 0.717) is 23.3 Å². The van der Waals surface area contributed by atoms with E-state index in [1.54, 1.807) is 0 Å². The Labute approximate surface area is 277 Å². The van der Waals surface area contributed by atoms with Crippen LogP contribution in [-0.2, 0) is 5.41 Å². The first kappa shape index (κ1) is 30.8. The van der Waals surface area contributed by atoms with Crippen LogP contribution in [0.1, 0.15) is 77.5 Å². The summed E-state index contributed by atoms with van der Waals surface area (Å²) in [7, 11) is -2.83. The van der Waals surface area contributed by atoms with Gasteiger partial charge < -0.3 is 4.74 Å². The maximum atomic E-state index is 7.35. The van der Waals surface area contributed by atoms with E-state index in [-0.39, 0.29) is 11.0 Å². The van der Waals surface area contributed by atoms with Crippen LogP contribution in [0.5, 0.6) is 5.75 Å². The molecule has 5 aromatic carbocycles. The van der Waals surface area contributed by atoms with Gasteiger partial charge in [0.2, 0.25) is 0 Å². The van der Waals surface area contributed by atoms with Gasteiger partial charge in [-0.2, -0.15) is 0 Å². The molecule has 4 unspecified atom stereocenters. The van der Waals surface area contributed by atoms with Gasteiger partial charge >= 0.3 is 0 Å². The van der Waals surface area contributed by atoms with E-state index in [4.69, 9.17) is 4.74 Å². The molecule has 2 heteroatoms. The zero-order valence-corrected chi connectivity index (χ0v) is 29.5. The van der Waals surface area contributed by atoms with Crippen LogP contribution in [0.2, 0.25) is 5.54 Å². The molecule has 0 radical (unpaired) electrons. The predicted molar refractivity (Wildman–Crippen MR) is 200 cm³/mol. The smallest absolute Gasteiger partial charge is 0.156 e. The summed E-state index contributed by atoms with van der Waals surface area (Å²) >= 11 is 0. The molecule has 46 heavy (non-hydrogen) atoms. The molecule has 5 aromatic rings. The maximum absolute atomic E-state index is 7.35. The van der Waals surface area contributed by atoms with Crippen molar-refractivity contribution in [3.05, 3.63) is 138 Å². The van der Waals surface area contributed by atoms with Gasteiger partial charge in [0.25, 0.3) is 0 Å². The Morgan fingerprint density at radius 2 is 1.28 bits per heavy atom. The number of hydrogen-bond acceptors (Lipinski definition) is 1. The van der Waals surface area contributed by atoms with Gasteiger partial charge in [-0.3, -0.25) is 0 Å². The standard InChI is InChI=1S/C44H48OSi/c1-30-28-38-35-24-16-14-18-31(35)26-27-37(38)42(30)46(33-20-10-8-11-21-33,34-22-12-9-13-23-34)39-29-32-19-15-17-25-36(32)40(43(2,3)4)41(39)45-44(5,6)7/h8-27,29-30,37-38,42H,28H2,1-7H3. The molecule has 2 aliphatic carbocycles. The maximum Gasteiger partial charge on any atom is 0.156 e. The molecule has 1 nitrogen and oxygen atoms in total. The van der Waals surface area contributed by atoms with Gasteiger partial charge in [0, 0.05) is 5.56 Å². The van der Waals surface area contributed by atoms with Crippen LogP contribution < -0.4 is 20.3 Å². The second kappa shape index (κ2) is 11.4. The van der Waals surface area contributed by atoms with Crippen molar-refractivity contribution in [1.29, 1.82) is 0 Å². The lowest BCUT2D eigenvalue weighted by Crippen LogP contribution is -2.71. The minimum absolute atomic E-state index is 0.128. The fraction of sp³-hybridized carbons (Fsp3) is 0.318. The number of rotatable bonds is 5. The molecule has 234 valence electrons. The van der Waals surface area contributed by atoms with Gasteiger partial charge in [-0.05, 0) is 93.4 Å². The fourth-order valence-corrected chi connectivity index (χ4v) is 15.4. The van der Waals surface area contributed by atoms with Crippen molar-refractivity contribution in [1.82, 2.24) is 0 Å². The van der Waals surface area contributed by atoms with Crippen molar-refractivity contribution in [3.8, 4) is 5.75 Å². The lowest BCUT2D eigenvalue weighted by Gasteiger charge is -2.46. The third-order valence-corrected chi connectivity index (χ3v) is 16.2. The third-order valence-electron chi connectivity index (χ3n) is 10.6. The summed E-state index contributed by atoms with van der Waals surface area (Å²) in [6, 6.07) is 43.8. The van der Waals surface area contributed by atoms with E-state index in [9.17, 15) is 0 Å². The van der Waals surface area contributed by atoms with Gasteiger partial charge in [-0.1, -0.05) is 155 Å². The quantitative estimate of drug-likeness (QED) is 0.140. The SMILES string of the molecule is CC1CC2c3ccccc3C=CC2C1[Si](c1ccccc1)(c1ccccc1)c1cc2ccccc2c(C(C)(C)C)c1OC(C)(C)C. The summed E-state index contributed by atoms with van der Waals surface area (Å²) in [6.45, 7) is 16.3. The van der Waals surface area contributed by atoms with E-state index in [1.165, 1.54) is 49.4 Å². The second-order valence-electron chi connectivity index (χ2n) is 15.8. The van der Waals surface area contributed by atoms with Crippen LogP contribution in [0.15, 0.2) is 121 Å². The van der Waals surface area contributed by atoms with Crippen LogP contribution in [0, 0.1) is 11.8 Å².